The molecule has 0 aliphatic heterocycles. The van der Waals surface area contributed by atoms with E-state index >= 15 is 0 Å². The molecule has 16 heavy (non-hydrogen) atoms. The van der Waals surface area contributed by atoms with Crippen molar-refractivity contribution in [3.63, 3.8) is 0 Å². The van der Waals surface area contributed by atoms with Crippen LogP contribution in [0, 0.1) is 0 Å². The van der Waals surface area contributed by atoms with Crippen LogP contribution < -0.4 is 22.3 Å². The number of carbonyl (C=O) groups is 1. The third-order valence-corrected chi connectivity index (χ3v) is 2.18. The van der Waals surface area contributed by atoms with E-state index in [0.717, 1.165) is 0 Å². The zero-order valence-corrected chi connectivity index (χ0v) is 8.48. The van der Waals surface area contributed by atoms with E-state index in [2.05, 4.69) is 5.32 Å². The standard InChI is InChI=1S/C9H10N4O3/c1-13-6-3-2-5(11-8(14)12-10)4-7(6)16-9(13)15/h2-4H,10H2,1H3,(H2,11,12,14). The lowest BCUT2D eigenvalue weighted by atomic mass is 10.3. The summed E-state index contributed by atoms with van der Waals surface area (Å²) in [6.07, 6.45) is 0. The van der Waals surface area contributed by atoms with Crippen LogP contribution in [0.15, 0.2) is 27.4 Å². The minimum atomic E-state index is -0.544. The number of anilines is 1. The number of rotatable bonds is 1. The molecule has 0 unspecified atom stereocenters. The number of benzene rings is 1. The van der Waals surface area contributed by atoms with Crippen molar-refractivity contribution in [1.82, 2.24) is 9.99 Å². The van der Waals surface area contributed by atoms with Crippen molar-refractivity contribution >= 4 is 22.8 Å². The molecule has 0 spiro atoms. The molecule has 7 nitrogen and oxygen atoms in total. The van der Waals surface area contributed by atoms with Gasteiger partial charge in [-0.25, -0.2) is 15.4 Å². The van der Waals surface area contributed by atoms with Crippen LogP contribution in [0.4, 0.5) is 10.5 Å². The maximum atomic E-state index is 11.2. The van der Waals surface area contributed by atoms with E-state index in [4.69, 9.17) is 10.3 Å². The van der Waals surface area contributed by atoms with Gasteiger partial charge < -0.3 is 9.73 Å². The van der Waals surface area contributed by atoms with Gasteiger partial charge >= 0.3 is 11.8 Å². The van der Waals surface area contributed by atoms with Gasteiger partial charge in [0.25, 0.3) is 0 Å². The number of aryl methyl sites for hydroxylation is 1. The summed E-state index contributed by atoms with van der Waals surface area (Å²) >= 11 is 0. The van der Waals surface area contributed by atoms with E-state index in [1.165, 1.54) is 4.57 Å². The summed E-state index contributed by atoms with van der Waals surface area (Å²) in [5, 5.41) is 2.47. The number of amides is 2. The van der Waals surface area contributed by atoms with Crippen molar-refractivity contribution in [1.29, 1.82) is 0 Å². The molecule has 7 heteroatoms. The highest BCUT2D eigenvalue weighted by Crippen LogP contribution is 2.17. The SMILES string of the molecule is Cn1c(=O)oc2cc(NC(=O)NN)ccc21. The van der Waals surface area contributed by atoms with E-state index < -0.39 is 11.8 Å². The summed E-state index contributed by atoms with van der Waals surface area (Å²) in [5.41, 5.74) is 3.48. The van der Waals surface area contributed by atoms with Crippen LogP contribution in [0.25, 0.3) is 11.1 Å². The zero-order chi connectivity index (χ0) is 11.7. The lowest BCUT2D eigenvalue weighted by Crippen LogP contribution is -2.34. The first-order chi connectivity index (χ1) is 7.61. The normalized spacial score (nSPS) is 10.4. The van der Waals surface area contributed by atoms with Gasteiger partial charge in [0.1, 0.15) is 0 Å². The topological polar surface area (TPSA) is 102 Å². The molecule has 1 heterocycles. The van der Waals surface area contributed by atoms with Crippen LogP contribution in [0.1, 0.15) is 0 Å². The van der Waals surface area contributed by atoms with Gasteiger partial charge in [0.15, 0.2) is 5.58 Å². The number of aromatic nitrogens is 1. The third kappa shape index (κ3) is 1.63. The van der Waals surface area contributed by atoms with Gasteiger partial charge in [0.2, 0.25) is 0 Å². The molecular formula is C9H10N4O3. The number of hydrogen-bond acceptors (Lipinski definition) is 4. The Bertz CT molecular complexity index is 598. The molecular weight excluding hydrogens is 212 g/mol. The first-order valence-corrected chi connectivity index (χ1v) is 4.49. The molecule has 84 valence electrons. The smallest absolute Gasteiger partial charge is 0.408 e. The van der Waals surface area contributed by atoms with Crippen molar-refractivity contribution in [2.24, 2.45) is 12.9 Å². The van der Waals surface area contributed by atoms with E-state index in [1.807, 2.05) is 5.43 Å². The van der Waals surface area contributed by atoms with Gasteiger partial charge in [-0.05, 0) is 12.1 Å². The van der Waals surface area contributed by atoms with Crippen LogP contribution in [-0.4, -0.2) is 10.6 Å². The van der Waals surface area contributed by atoms with Gasteiger partial charge in [-0.1, -0.05) is 0 Å². The van der Waals surface area contributed by atoms with E-state index in [0.29, 0.717) is 16.8 Å². The van der Waals surface area contributed by atoms with Gasteiger partial charge in [-0.3, -0.25) is 9.99 Å². The monoisotopic (exact) mass is 222 g/mol. The maximum absolute atomic E-state index is 11.2. The van der Waals surface area contributed by atoms with Crippen LogP contribution >= 0.6 is 0 Å². The maximum Gasteiger partial charge on any atom is 0.419 e. The number of nitrogens with one attached hydrogen (secondary N) is 2. The van der Waals surface area contributed by atoms with Gasteiger partial charge in [0, 0.05) is 18.8 Å². The van der Waals surface area contributed by atoms with Crippen molar-refractivity contribution in [2.45, 2.75) is 0 Å². The molecule has 2 amide bonds. The Morgan fingerprint density at radius 1 is 1.50 bits per heavy atom. The minimum absolute atomic E-state index is 0.405. The Morgan fingerprint density at radius 3 is 2.94 bits per heavy atom. The molecule has 0 aliphatic rings. The third-order valence-electron chi connectivity index (χ3n) is 2.18. The number of hydrazine groups is 1. The fraction of sp³-hybridized carbons (Fsp3) is 0.111. The van der Waals surface area contributed by atoms with Crippen LogP contribution in [0.5, 0.6) is 0 Å². The van der Waals surface area contributed by atoms with Crippen LogP contribution in [-0.2, 0) is 7.05 Å². The number of nitrogens with two attached hydrogens (primary N) is 1. The second-order valence-electron chi connectivity index (χ2n) is 3.21. The number of carbonyl (C=O) groups excluding carboxylic acids is 1. The van der Waals surface area contributed by atoms with Crippen molar-refractivity contribution in [2.75, 3.05) is 5.32 Å². The second kappa shape index (κ2) is 3.70. The number of fused-ring (bicyclic) bond motifs is 1. The van der Waals surface area contributed by atoms with Crippen LogP contribution in [0.3, 0.4) is 0 Å². The van der Waals surface area contributed by atoms with Gasteiger partial charge in [-0.2, -0.15) is 0 Å². The molecule has 0 aliphatic carbocycles. The Morgan fingerprint density at radius 2 is 2.25 bits per heavy atom. The fourth-order valence-electron chi connectivity index (χ4n) is 1.38. The van der Waals surface area contributed by atoms with E-state index in [-0.39, 0.29) is 0 Å². The molecule has 0 saturated heterocycles. The Hall–Kier alpha value is -2.28. The molecule has 2 aromatic rings. The largest absolute Gasteiger partial charge is 0.419 e. The van der Waals surface area contributed by atoms with Gasteiger partial charge in [-0.15, -0.1) is 0 Å². The molecule has 0 saturated carbocycles. The van der Waals surface area contributed by atoms with Crippen molar-refractivity contribution in [3.8, 4) is 0 Å². The first kappa shape index (κ1) is 10.2. The molecule has 0 bridgehead atoms. The number of oxazole rings is 1. The number of nitrogens with zero attached hydrogens (tertiary/aromatic N) is 1. The average Bonchev–Trinajstić information content (AvgIpc) is 2.54. The summed E-state index contributed by atoms with van der Waals surface area (Å²) in [7, 11) is 1.61. The van der Waals surface area contributed by atoms with Crippen molar-refractivity contribution in [3.05, 3.63) is 28.7 Å². The Kier molecular flexibility index (Phi) is 2.37. The first-order valence-electron chi connectivity index (χ1n) is 4.49. The van der Waals surface area contributed by atoms with E-state index in [9.17, 15) is 9.59 Å². The highest BCUT2D eigenvalue weighted by Gasteiger charge is 2.07. The second-order valence-corrected chi connectivity index (χ2v) is 3.21. The Balaban J connectivity index is 2.45. The molecule has 2 rings (SSSR count). The molecule has 0 atom stereocenters. The lowest BCUT2D eigenvalue weighted by molar-refractivity contribution is 0.252. The molecule has 1 aromatic carbocycles. The summed E-state index contributed by atoms with van der Waals surface area (Å²) in [6.45, 7) is 0. The molecule has 4 N–H and O–H groups in total. The molecule has 0 fully saturated rings. The summed E-state index contributed by atoms with van der Waals surface area (Å²) in [6, 6.07) is 4.32. The van der Waals surface area contributed by atoms with Gasteiger partial charge in [0.05, 0.1) is 5.52 Å². The quantitative estimate of drug-likeness (QED) is 0.362. The fourth-order valence-corrected chi connectivity index (χ4v) is 1.38. The van der Waals surface area contributed by atoms with Crippen LogP contribution in [0.2, 0.25) is 0 Å². The predicted octanol–water partition coefficient (Wildman–Crippen LogP) is 0.127. The summed E-state index contributed by atoms with van der Waals surface area (Å²) in [5.74, 6) is 4.47. The number of urea groups is 1. The average molecular weight is 222 g/mol. The minimum Gasteiger partial charge on any atom is -0.408 e. The van der Waals surface area contributed by atoms with Crippen molar-refractivity contribution < 1.29 is 9.21 Å². The summed E-state index contributed by atoms with van der Waals surface area (Å²) in [4.78, 5) is 22.1. The predicted molar refractivity (Wildman–Crippen MR) is 57.8 cm³/mol. The number of hydrogen-bond donors (Lipinski definition) is 3. The Labute approximate surface area is 89.8 Å². The molecule has 1 aromatic heterocycles. The lowest BCUT2D eigenvalue weighted by Gasteiger charge is -2.03. The summed E-state index contributed by atoms with van der Waals surface area (Å²) < 4.78 is 6.34. The zero-order valence-electron chi connectivity index (χ0n) is 8.48. The molecule has 0 radical (unpaired) electrons. The highest BCUT2D eigenvalue weighted by molar-refractivity contribution is 5.91. The highest BCUT2D eigenvalue weighted by atomic mass is 16.4. The van der Waals surface area contributed by atoms with E-state index in [1.54, 1.807) is 25.2 Å².